The van der Waals surface area contributed by atoms with Crippen LogP contribution in [-0.4, -0.2) is 28.7 Å². The van der Waals surface area contributed by atoms with Crippen LogP contribution in [0.25, 0.3) is 17.3 Å². The fraction of sp³-hybridized carbons (Fsp3) is 0.136. The molecule has 0 aromatic carbocycles. The van der Waals surface area contributed by atoms with Crippen LogP contribution in [0.4, 0.5) is 11.5 Å². The molecule has 0 saturated heterocycles. The van der Waals surface area contributed by atoms with Crippen molar-refractivity contribution in [1.82, 2.24) is 9.97 Å². The second-order valence-electron chi connectivity index (χ2n) is 6.61. The maximum atomic E-state index is 11.8. The van der Waals surface area contributed by atoms with Crippen molar-refractivity contribution in [2.24, 2.45) is 5.73 Å². The van der Waals surface area contributed by atoms with E-state index in [1.54, 1.807) is 30.4 Å². The molecular formula is C22H23N5O2S. The van der Waals surface area contributed by atoms with E-state index in [0.29, 0.717) is 61.6 Å². The number of hydrogen-bond donors (Lipinski definition) is 4. The van der Waals surface area contributed by atoms with Crippen LogP contribution in [0, 0.1) is 0 Å². The largest absolute Gasteiger partial charge is 0.397 e. The van der Waals surface area contributed by atoms with Crippen LogP contribution < -0.4 is 16.8 Å². The quantitative estimate of drug-likeness (QED) is 0.378. The molecule has 30 heavy (non-hydrogen) atoms. The van der Waals surface area contributed by atoms with Gasteiger partial charge in [0.15, 0.2) is 11.4 Å². The highest BCUT2D eigenvalue weighted by Crippen LogP contribution is 2.43. The fourth-order valence-electron chi connectivity index (χ4n) is 3.10. The minimum absolute atomic E-state index is 0.364. The molecule has 0 aromatic rings. The van der Waals surface area contributed by atoms with E-state index >= 15 is 0 Å². The van der Waals surface area contributed by atoms with E-state index in [2.05, 4.69) is 28.4 Å². The van der Waals surface area contributed by atoms with Crippen molar-refractivity contribution < 1.29 is 9.59 Å². The number of nitrogens with one attached hydrogen (secondary N) is 2. The summed E-state index contributed by atoms with van der Waals surface area (Å²) in [6.45, 7) is 10.5. The van der Waals surface area contributed by atoms with E-state index in [1.165, 1.54) is 11.8 Å². The van der Waals surface area contributed by atoms with Gasteiger partial charge in [0.05, 0.1) is 16.9 Å². The second-order valence-corrected chi connectivity index (χ2v) is 7.64. The van der Waals surface area contributed by atoms with Crippen molar-refractivity contribution in [2.45, 2.75) is 18.5 Å². The molecule has 154 valence electrons. The summed E-state index contributed by atoms with van der Waals surface area (Å²) >= 11 is 1.29. The van der Waals surface area contributed by atoms with Gasteiger partial charge in [-0.3, -0.25) is 9.59 Å². The van der Waals surface area contributed by atoms with Crippen LogP contribution in [0.1, 0.15) is 29.3 Å². The number of allylic oxidation sites excluding steroid dienone is 4. The highest BCUT2D eigenvalue weighted by Gasteiger charge is 2.26. The molecule has 0 unspecified atom stereocenters. The van der Waals surface area contributed by atoms with E-state index in [0.717, 1.165) is 12.7 Å². The molecule has 1 heterocycles. The van der Waals surface area contributed by atoms with Gasteiger partial charge in [-0.25, -0.2) is 4.98 Å². The van der Waals surface area contributed by atoms with Gasteiger partial charge in [-0.2, -0.15) is 0 Å². The number of aromatic nitrogens is 2. The first-order valence-corrected chi connectivity index (χ1v) is 10.2. The zero-order valence-corrected chi connectivity index (χ0v) is 17.4. The number of rotatable bonds is 8. The minimum Gasteiger partial charge on any atom is -0.397 e. The third-order valence-corrected chi connectivity index (χ3v) is 5.57. The van der Waals surface area contributed by atoms with Crippen LogP contribution in [0.2, 0.25) is 0 Å². The smallest absolute Gasteiger partial charge is 0.248 e. The number of anilines is 2. The number of aromatic amines is 1. The van der Waals surface area contributed by atoms with Crippen LogP contribution in [0.15, 0.2) is 58.7 Å². The lowest BCUT2D eigenvalue weighted by Crippen LogP contribution is -2.12. The Morgan fingerprint density at radius 2 is 2.17 bits per heavy atom. The fourth-order valence-corrected chi connectivity index (χ4v) is 3.98. The Morgan fingerprint density at radius 1 is 1.40 bits per heavy atom. The summed E-state index contributed by atoms with van der Waals surface area (Å²) in [6.07, 6.45) is 10.0. The van der Waals surface area contributed by atoms with Gasteiger partial charge in [0.1, 0.15) is 5.82 Å². The van der Waals surface area contributed by atoms with E-state index < -0.39 is 5.91 Å². The second kappa shape index (κ2) is 8.87. The predicted octanol–water partition coefficient (Wildman–Crippen LogP) is 3.89. The summed E-state index contributed by atoms with van der Waals surface area (Å²) in [6, 6.07) is 0. The number of primary amides is 1. The number of thioether (sulfide) groups is 1. The van der Waals surface area contributed by atoms with Crippen molar-refractivity contribution >= 4 is 41.5 Å². The van der Waals surface area contributed by atoms with Gasteiger partial charge in [0.2, 0.25) is 5.91 Å². The third-order valence-electron chi connectivity index (χ3n) is 4.58. The third kappa shape index (κ3) is 3.95. The van der Waals surface area contributed by atoms with Crippen molar-refractivity contribution in [1.29, 1.82) is 0 Å². The molecule has 0 fully saturated rings. The first kappa shape index (κ1) is 21.2. The Bertz CT molecular complexity index is 1110. The number of H-pyrrole nitrogens is 1. The number of nitrogens with zero attached hydrogens (tertiary/aromatic N) is 1. The zero-order valence-electron chi connectivity index (χ0n) is 16.6. The molecule has 0 spiro atoms. The van der Waals surface area contributed by atoms with E-state index in [-0.39, 0.29) is 0 Å². The minimum atomic E-state index is -0.531. The van der Waals surface area contributed by atoms with Gasteiger partial charge in [0, 0.05) is 28.1 Å². The monoisotopic (exact) mass is 421 g/mol. The Labute approximate surface area is 179 Å². The Hall–Kier alpha value is -3.52. The molecule has 1 aliphatic heterocycles. The Kier molecular flexibility index (Phi) is 6.27. The van der Waals surface area contributed by atoms with Crippen LogP contribution in [0.5, 0.6) is 0 Å². The van der Waals surface area contributed by atoms with Crippen LogP contribution >= 0.6 is 11.8 Å². The molecule has 0 saturated carbocycles. The van der Waals surface area contributed by atoms with E-state index in [4.69, 9.17) is 11.5 Å². The van der Waals surface area contributed by atoms with Gasteiger partial charge >= 0.3 is 0 Å². The average Bonchev–Trinajstić information content (AvgIpc) is 2.87. The lowest BCUT2D eigenvalue weighted by atomic mass is 10.1. The molecular weight excluding hydrogens is 398 g/mol. The SMILES string of the molecule is C=Cc1c(N)c2[nH]c(SC3=CC(C(N)=O)=CC=CC3=C)nc(NCCC)c-2c1C=O. The van der Waals surface area contributed by atoms with Crippen molar-refractivity contribution in [3.8, 4) is 11.3 Å². The number of carbonyl (C=O) groups is 2. The number of carbonyl (C=O) groups excluding carboxylic acids is 2. The number of aldehydes is 1. The average molecular weight is 422 g/mol. The molecule has 6 N–H and O–H groups in total. The maximum Gasteiger partial charge on any atom is 0.248 e. The maximum absolute atomic E-state index is 11.8. The van der Waals surface area contributed by atoms with E-state index in [9.17, 15) is 9.59 Å². The topological polar surface area (TPSA) is 127 Å². The number of fused-ring (bicyclic) bond motifs is 1. The first-order chi connectivity index (χ1) is 14.4. The molecule has 0 bridgehead atoms. The van der Waals surface area contributed by atoms with Crippen molar-refractivity contribution in [3.05, 3.63) is 64.6 Å². The van der Waals surface area contributed by atoms with E-state index in [1.807, 2.05) is 6.92 Å². The summed E-state index contributed by atoms with van der Waals surface area (Å²) in [5.74, 6) is 0.0210. The molecule has 8 heteroatoms. The molecule has 3 aliphatic rings. The lowest BCUT2D eigenvalue weighted by molar-refractivity contribution is -0.114. The van der Waals surface area contributed by atoms with Gasteiger partial charge in [-0.15, -0.1) is 0 Å². The molecule has 2 aliphatic carbocycles. The summed E-state index contributed by atoms with van der Waals surface area (Å²) < 4.78 is 0. The molecule has 7 nitrogen and oxygen atoms in total. The highest BCUT2D eigenvalue weighted by atomic mass is 32.2. The summed E-state index contributed by atoms with van der Waals surface area (Å²) in [4.78, 5) is 32.0. The van der Waals surface area contributed by atoms with Crippen LogP contribution in [0.3, 0.4) is 0 Å². The zero-order chi connectivity index (χ0) is 21.8. The first-order valence-electron chi connectivity index (χ1n) is 9.34. The van der Waals surface area contributed by atoms with Gasteiger partial charge < -0.3 is 21.8 Å². The number of nitrogens with two attached hydrogens (primary N) is 2. The van der Waals surface area contributed by atoms with Gasteiger partial charge in [-0.05, 0) is 24.1 Å². The molecule has 3 rings (SSSR count). The number of hydrogen-bond acceptors (Lipinski definition) is 6. The molecule has 0 atom stereocenters. The van der Waals surface area contributed by atoms with Crippen molar-refractivity contribution in [2.75, 3.05) is 17.6 Å². The Morgan fingerprint density at radius 3 is 2.80 bits per heavy atom. The standard InChI is InChI=1S/C22H23N5O2S/c1-4-9-25-21-17-15(11-28)14(5-2)18(23)19(17)26-22(27-21)30-16-10-13(20(24)29)8-6-7-12(16)3/h5-8,10-11,25H,2-4,9,23H2,1H3,(H2,24,29)(H,26,27). The summed E-state index contributed by atoms with van der Waals surface area (Å²) in [7, 11) is 0. The summed E-state index contributed by atoms with van der Waals surface area (Å²) in [5, 5.41) is 3.80. The van der Waals surface area contributed by atoms with Crippen LogP contribution in [-0.2, 0) is 4.79 Å². The molecule has 0 aromatic heterocycles. The predicted molar refractivity (Wildman–Crippen MR) is 123 cm³/mol. The Balaban J connectivity index is 2.15. The number of nitrogen functional groups attached to an aromatic ring is 1. The normalized spacial score (nSPS) is 13.6. The summed E-state index contributed by atoms with van der Waals surface area (Å²) in [5.41, 5.74) is 15.5. The number of amides is 1. The molecule has 1 amide bonds. The van der Waals surface area contributed by atoms with Gasteiger partial charge in [-0.1, -0.05) is 50.1 Å². The highest BCUT2D eigenvalue weighted by molar-refractivity contribution is 8.03. The van der Waals surface area contributed by atoms with Gasteiger partial charge in [0.25, 0.3) is 0 Å². The van der Waals surface area contributed by atoms with Crippen molar-refractivity contribution in [3.63, 3.8) is 0 Å². The molecule has 0 radical (unpaired) electrons. The lowest BCUT2D eigenvalue weighted by Gasteiger charge is -2.15.